The van der Waals surface area contributed by atoms with Gasteiger partial charge in [-0.05, 0) is 122 Å². The smallest absolute Gasteiger partial charge is 0.0541 e. The third-order valence-corrected chi connectivity index (χ3v) is 12.2. The summed E-state index contributed by atoms with van der Waals surface area (Å²) in [7, 11) is 0. The van der Waals surface area contributed by atoms with Crippen LogP contribution in [-0.4, -0.2) is 4.57 Å². The Hall–Kier alpha value is -7.16. The number of hydrogen-bond donors (Lipinski definition) is 0. The summed E-state index contributed by atoms with van der Waals surface area (Å²) in [6, 6.07) is 75.7. The van der Waals surface area contributed by atoms with Crippen LogP contribution >= 0.6 is 0 Å². The summed E-state index contributed by atoms with van der Waals surface area (Å²) in [5.41, 5.74) is 17.0. The van der Waals surface area contributed by atoms with Crippen LogP contribution in [0.25, 0.3) is 71.6 Å². The molecule has 0 aliphatic heterocycles. The van der Waals surface area contributed by atoms with Crippen LogP contribution in [0.3, 0.4) is 0 Å². The molecule has 0 spiro atoms. The van der Waals surface area contributed by atoms with Gasteiger partial charge in [0, 0.05) is 38.9 Å². The van der Waals surface area contributed by atoms with E-state index < -0.39 is 0 Å². The highest BCUT2D eigenvalue weighted by molar-refractivity contribution is 6.10. The van der Waals surface area contributed by atoms with Crippen LogP contribution in [0, 0.1) is 0 Å². The zero-order valence-corrected chi connectivity index (χ0v) is 32.0. The number of hydrogen-bond acceptors (Lipinski definition) is 1. The third-order valence-electron chi connectivity index (χ3n) is 12.2. The Bertz CT molecular complexity index is 3150. The van der Waals surface area contributed by atoms with Gasteiger partial charge in [0.15, 0.2) is 0 Å². The fourth-order valence-electron chi connectivity index (χ4n) is 9.28. The molecule has 1 aromatic heterocycles. The monoisotopic (exact) mass is 728 g/mol. The predicted molar refractivity (Wildman–Crippen MR) is 241 cm³/mol. The number of nitrogens with zero attached hydrogens (tertiary/aromatic N) is 2. The van der Waals surface area contributed by atoms with Gasteiger partial charge >= 0.3 is 0 Å². The van der Waals surface area contributed by atoms with E-state index in [1.807, 2.05) is 0 Å². The van der Waals surface area contributed by atoms with Crippen LogP contribution in [-0.2, 0) is 5.41 Å². The SMILES string of the molecule is CC1(C)c2ccccc2-c2ccc(N(c3ccc(-c4ccccc4)cc3)c3cccc(-c4ccc5c(c4)c4ccccc4n5-c4ccc5ccccc5c4)c3)cc21. The molecule has 1 aliphatic rings. The van der Waals surface area contributed by atoms with Crippen LogP contribution in [0.15, 0.2) is 206 Å². The van der Waals surface area contributed by atoms with E-state index in [-0.39, 0.29) is 5.41 Å². The van der Waals surface area contributed by atoms with Gasteiger partial charge in [-0.2, -0.15) is 0 Å². The topological polar surface area (TPSA) is 8.17 Å². The molecule has 0 atom stereocenters. The Morgan fingerprint density at radius 1 is 0.368 bits per heavy atom. The minimum Gasteiger partial charge on any atom is -0.310 e. The van der Waals surface area contributed by atoms with Crippen molar-refractivity contribution in [2.24, 2.45) is 0 Å². The summed E-state index contributed by atoms with van der Waals surface area (Å²) in [5, 5.41) is 4.99. The van der Waals surface area contributed by atoms with Crippen molar-refractivity contribution in [1.29, 1.82) is 0 Å². The van der Waals surface area contributed by atoms with Crippen LogP contribution in [0.4, 0.5) is 17.1 Å². The largest absolute Gasteiger partial charge is 0.310 e. The van der Waals surface area contributed by atoms with E-state index in [0.717, 1.165) is 17.1 Å². The number of fused-ring (bicyclic) bond motifs is 7. The lowest BCUT2D eigenvalue weighted by Crippen LogP contribution is -2.16. The molecule has 0 fully saturated rings. The van der Waals surface area contributed by atoms with E-state index in [1.165, 1.54) is 82.8 Å². The first-order valence-corrected chi connectivity index (χ1v) is 19.8. The fourth-order valence-corrected chi connectivity index (χ4v) is 9.28. The zero-order chi connectivity index (χ0) is 38.1. The number of aromatic nitrogens is 1. The van der Waals surface area contributed by atoms with Gasteiger partial charge in [0.05, 0.1) is 11.0 Å². The van der Waals surface area contributed by atoms with Gasteiger partial charge in [0.25, 0.3) is 0 Å². The van der Waals surface area contributed by atoms with E-state index in [2.05, 4.69) is 230 Å². The van der Waals surface area contributed by atoms with Crippen molar-refractivity contribution < 1.29 is 0 Å². The molecule has 2 nitrogen and oxygen atoms in total. The summed E-state index contributed by atoms with van der Waals surface area (Å²) in [4.78, 5) is 2.42. The van der Waals surface area contributed by atoms with Crippen molar-refractivity contribution in [3.8, 4) is 39.1 Å². The first kappa shape index (κ1) is 33.2. The zero-order valence-electron chi connectivity index (χ0n) is 32.0. The summed E-state index contributed by atoms with van der Waals surface area (Å²) >= 11 is 0. The van der Waals surface area contributed by atoms with Crippen molar-refractivity contribution >= 4 is 49.6 Å². The van der Waals surface area contributed by atoms with Crippen molar-refractivity contribution in [1.82, 2.24) is 4.57 Å². The van der Waals surface area contributed by atoms with Gasteiger partial charge < -0.3 is 9.47 Å². The molecule has 0 unspecified atom stereocenters. The minimum atomic E-state index is -0.103. The second kappa shape index (κ2) is 13.0. The quantitative estimate of drug-likeness (QED) is 0.165. The van der Waals surface area contributed by atoms with Gasteiger partial charge in [-0.25, -0.2) is 0 Å². The van der Waals surface area contributed by atoms with Crippen molar-refractivity contribution in [2.45, 2.75) is 19.3 Å². The maximum atomic E-state index is 2.42. The Morgan fingerprint density at radius 2 is 1.00 bits per heavy atom. The van der Waals surface area contributed by atoms with Crippen molar-refractivity contribution in [3.63, 3.8) is 0 Å². The average Bonchev–Trinajstić information content (AvgIpc) is 3.72. The summed E-state index contributed by atoms with van der Waals surface area (Å²) in [6.07, 6.45) is 0. The number of benzene rings is 9. The predicted octanol–water partition coefficient (Wildman–Crippen LogP) is 15.0. The molecule has 270 valence electrons. The molecule has 2 heteroatoms. The first-order valence-electron chi connectivity index (χ1n) is 19.8. The first-order chi connectivity index (χ1) is 28.0. The molecule has 9 aromatic carbocycles. The maximum Gasteiger partial charge on any atom is 0.0541 e. The molecular weight excluding hydrogens is 689 g/mol. The molecule has 0 radical (unpaired) electrons. The summed E-state index contributed by atoms with van der Waals surface area (Å²) in [6.45, 7) is 4.71. The minimum absolute atomic E-state index is 0.103. The molecule has 11 rings (SSSR count). The van der Waals surface area contributed by atoms with E-state index in [4.69, 9.17) is 0 Å². The number of anilines is 3. The lowest BCUT2D eigenvalue weighted by Gasteiger charge is -2.28. The standard InChI is InChI=1S/C55H40N2/c1-55(2)51-21-10-8-19-47(51)48-31-30-46(36-52(48)55)56(43-27-23-39(24-28-43)37-13-4-3-5-14-37)44-18-12-17-41(34-44)42-26-32-54-50(35-42)49-20-9-11-22-53(49)57(54)45-29-25-38-15-6-7-16-40(38)33-45/h3-36H,1-2H3. The van der Waals surface area contributed by atoms with E-state index in [9.17, 15) is 0 Å². The van der Waals surface area contributed by atoms with Crippen LogP contribution in [0.1, 0.15) is 25.0 Å². The molecule has 1 heterocycles. The van der Waals surface area contributed by atoms with Gasteiger partial charge in [0.1, 0.15) is 0 Å². The van der Waals surface area contributed by atoms with Crippen LogP contribution in [0.2, 0.25) is 0 Å². The highest BCUT2D eigenvalue weighted by atomic mass is 15.1. The van der Waals surface area contributed by atoms with E-state index in [0.29, 0.717) is 0 Å². The Labute approximate surface area is 333 Å². The summed E-state index contributed by atoms with van der Waals surface area (Å²) in [5.74, 6) is 0. The Balaban J connectivity index is 1.04. The summed E-state index contributed by atoms with van der Waals surface area (Å²) < 4.78 is 2.41. The number of para-hydroxylation sites is 1. The van der Waals surface area contributed by atoms with Gasteiger partial charge in [-0.15, -0.1) is 0 Å². The van der Waals surface area contributed by atoms with Crippen molar-refractivity contribution in [3.05, 3.63) is 217 Å². The molecule has 0 N–H and O–H groups in total. The molecule has 10 aromatic rings. The molecule has 0 amide bonds. The Morgan fingerprint density at radius 3 is 1.88 bits per heavy atom. The highest BCUT2D eigenvalue weighted by Gasteiger charge is 2.35. The van der Waals surface area contributed by atoms with Crippen molar-refractivity contribution in [2.75, 3.05) is 4.90 Å². The molecule has 0 saturated heterocycles. The Kier molecular flexibility index (Phi) is 7.55. The second-order valence-corrected chi connectivity index (χ2v) is 15.8. The normalized spacial score (nSPS) is 12.9. The van der Waals surface area contributed by atoms with Crippen LogP contribution < -0.4 is 4.90 Å². The maximum absolute atomic E-state index is 2.42. The number of rotatable bonds is 6. The lowest BCUT2D eigenvalue weighted by atomic mass is 9.82. The molecule has 0 saturated carbocycles. The second-order valence-electron chi connectivity index (χ2n) is 15.8. The average molecular weight is 729 g/mol. The van der Waals surface area contributed by atoms with Crippen LogP contribution in [0.5, 0.6) is 0 Å². The third kappa shape index (κ3) is 5.40. The lowest BCUT2D eigenvalue weighted by molar-refractivity contribution is 0.660. The van der Waals surface area contributed by atoms with Gasteiger partial charge in [-0.3, -0.25) is 0 Å². The van der Waals surface area contributed by atoms with Gasteiger partial charge in [0.2, 0.25) is 0 Å². The highest BCUT2D eigenvalue weighted by Crippen LogP contribution is 2.51. The molecular formula is C55H40N2. The molecule has 0 bridgehead atoms. The fraction of sp³-hybridized carbons (Fsp3) is 0.0545. The molecule has 57 heavy (non-hydrogen) atoms. The van der Waals surface area contributed by atoms with Gasteiger partial charge in [-0.1, -0.05) is 153 Å². The van der Waals surface area contributed by atoms with E-state index >= 15 is 0 Å². The molecule has 1 aliphatic carbocycles. The van der Waals surface area contributed by atoms with E-state index in [1.54, 1.807) is 0 Å².